The Kier molecular flexibility index (Phi) is 3.09. The summed E-state index contributed by atoms with van der Waals surface area (Å²) < 4.78 is 28.9. The van der Waals surface area contributed by atoms with Crippen molar-refractivity contribution in [2.24, 2.45) is 0 Å². The van der Waals surface area contributed by atoms with Gasteiger partial charge in [-0.1, -0.05) is 6.08 Å². The molecule has 2 aromatic carbocycles. The Bertz CT molecular complexity index is 1070. The third kappa shape index (κ3) is 1.81. The van der Waals surface area contributed by atoms with Gasteiger partial charge in [-0.2, -0.15) is 0 Å². The van der Waals surface area contributed by atoms with Crippen molar-refractivity contribution in [3.8, 4) is 23.0 Å². The van der Waals surface area contributed by atoms with Gasteiger partial charge in [-0.15, -0.1) is 6.58 Å². The lowest BCUT2D eigenvalue weighted by molar-refractivity contribution is -0.0690. The molecule has 142 valence electrons. The van der Waals surface area contributed by atoms with Crippen LogP contribution in [0.5, 0.6) is 23.0 Å². The summed E-state index contributed by atoms with van der Waals surface area (Å²) in [5.74, 6) is 2.97. The molecule has 6 nitrogen and oxygen atoms in total. The highest BCUT2D eigenvalue weighted by Gasteiger charge is 2.50. The molecule has 0 aromatic heterocycles. The van der Waals surface area contributed by atoms with Gasteiger partial charge in [0, 0.05) is 23.2 Å². The second kappa shape index (κ2) is 5.45. The topological polar surface area (TPSA) is 49.4 Å². The molecule has 7 rings (SSSR count). The van der Waals surface area contributed by atoms with Gasteiger partial charge in [0.1, 0.15) is 6.10 Å². The van der Waals surface area contributed by atoms with Crippen molar-refractivity contribution in [2.45, 2.75) is 12.3 Å². The van der Waals surface area contributed by atoms with Crippen LogP contribution < -0.4 is 18.9 Å². The van der Waals surface area contributed by atoms with E-state index in [4.69, 9.17) is 23.7 Å². The Balaban J connectivity index is 1.62. The van der Waals surface area contributed by atoms with E-state index >= 15 is 0 Å². The molecule has 0 spiro atoms. The van der Waals surface area contributed by atoms with Crippen LogP contribution >= 0.6 is 0 Å². The van der Waals surface area contributed by atoms with E-state index < -0.39 is 0 Å². The minimum atomic E-state index is -0.214. The Morgan fingerprint density at radius 2 is 1.79 bits per heavy atom. The van der Waals surface area contributed by atoms with Gasteiger partial charge >= 0.3 is 0 Å². The fourth-order valence-electron chi connectivity index (χ4n) is 4.74. The van der Waals surface area contributed by atoms with Crippen LogP contribution in [0.15, 0.2) is 36.9 Å². The van der Waals surface area contributed by atoms with Crippen molar-refractivity contribution in [2.75, 3.05) is 27.6 Å². The molecule has 0 saturated heterocycles. The SMILES string of the molecule is C=CCN1C2=C3c4cc(OC)c(OC)cc4C1OC3c1cc3c(cc12)OCO3. The maximum absolute atomic E-state index is 6.55. The zero-order chi connectivity index (χ0) is 19.0. The first-order chi connectivity index (χ1) is 13.7. The van der Waals surface area contributed by atoms with E-state index in [1.165, 1.54) is 5.70 Å². The van der Waals surface area contributed by atoms with Crippen LogP contribution in [0.25, 0.3) is 11.3 Å². The van der Waals surface area contributed by atoms with Gasteiger partial charge in [0.25, 0.3) is 0 Å². The minimum absolute atomic E-state index is 0.129. The van der Waals surface area contributed by atoms with Gasteiger partial charge in [0.15, 0.2) is 29.2 Å². The van der Waals surface area contributed by atoms with Crippen LogP contribution in [0.4, 0.5) is 0 Å². The molecule has 6 heteroatoms. The predicted molar refractivity (Wildman–Crippen MR) is 102 cm³/mol. The number of benzene rings is 2. The molecule has 0 N–H and O–H groups in total. The zero-order valence-corrected chi connectivity index (χ0v) is 15.7. The van der Waals surface area contributed by atoms with E-state index in [9.17, 15) is 0 Å². The monoisotopic (exact) mass is 377 g/mol. The number of hydrogen-bond acceptors (Lipinski definition) is 6. The summed E-state index contributed by atoms with van der Waals surface area (Å²) in [5.41, 5.74) is 6.81. The molecule has 5 aliphatic rings. The summed E-state index contributed by atoms with van der Waals surface area (Å²) in [4.78, 5) is 2.25. The normalized spacial score (nSPS) is 22.3. The summed E-state index contributed by atoms with van der Waals surface area (Å²) >= 11 is 0. The van der Waals surface area contributed by atoms with Gasteiger partial charge in [-0.05, 0) is 35.4 Å². The van der Waals surface area contributed by atoms with Crippen molar-refractivity contribution in [1.29, 1.82) is 0 Å². The van der Waals surface area contributed by atoms with E-state index in [0.29, 0.717) is 12.3 Å². The van der Waals surface area contributed by atoms with E-state index in [-0.39, 0.29) is 19.1 Å². The Hall–Kier alpha value is -3.12. The maximum Gasteiger partial charge on any atom is 0.231 e. The molecule has 4 aliphatic heterocycles. The van der Waals surface area contributed by atoms with Crippen LogP contribution in [-0.2, 0) is 4.74 Å². The van der Waals surface area contributed by atoms with Gasteiger partial charge < -0.3 is 28.6 Å². The molecular formula is C22H19NO5. The molecule has 4 heterocycles. The molecule has 0 fully saturated rings. The zero-order valence-electron chi connectivity index (χ0n) is 15.7. The first kappa shape index (κ1) is 15.9. The van der Waals surface area contributed by atoms with Crippen molar-refractivity contribution < 1.29 is 23.7 Å². The minimum Gasteiger partial charge on any atom is -0.493 e. The molecule has 0 amide bonds. The number of methoxy groups -OCH3 is 2. The van der Waals surface area contributed by atoms with E-state index in [1.807, 2.05) is 12.1 Å². The van der Waals surface area contributed by atoms with Crippen LogP contribution in [-0.4, -0.2) is 32.5 Å². The van der Waals surface area contributed by atoms with Crippen LogP contribution in [0, 0.1) is 0 Å². The summed E-state index contributed by atoms with van der Waals surface area (Å²) in [7, 11) is 3.31. The third-order valence-electron chi connectivity index (χ3n) is 5.87. The molecule has 2 aromatic rings. The van der Waals surface area contributed by atoms with Gasteiger partial charge in [0.2, 0.25) is 6.79 Å². The first-order valence-electron chi connectivity index (χ1n) is 9.22. The highest BCUT2D eigenvalue weighted by Crippen LogP contribution is 2.63. The van der Waals surface area contributed by atoms with Crippen LogP contribution in [0.2, 0.25) is 0 Å². The van der Waals surface area contributed by atoms with Crippen molar-refractivity contribution in [1.82, 2.24) is 4.90 Å². The molecular weight excluding hydrogens is 358 g/mol. The number of nitrogens with zero attached hydrogens (tertiary/aromatic N) is 1. The Morgan fingerprint density at radius 1 is 1.04 bits per heavy atom. The number of rotatable bonds is 4. The highest BCUT2D eigenvalue weighted by molar-refractivity contribution is 6.02. The average molecular weight is 377 g/mol. The van der Waals surface area contributed by atoms with Crippen molar-refractivity contribution >= 4 is 11.3 Å². The molecule has 28 heavy (non-hydrogen) atoms. The second-order valence-corrected chi connectivity index (χ2v) is 7.16. The van der Waals surface area contributed by atoms with Crippen LogP contribution in [0.1, 0.15) is 34.6 Å². The Morgan fingerprint density at radius 3 is 2.54 bits per heavy atom. The lowest BCUT2D eigenvalue weighted by Crippen LogP contribution is -2.37. The molecule has 2 unspecified atom stereocenters. The largest absolute Gasteiger partial charge is 0.493 e. The van der Waals surface area contributed by atoms with E-state index in [2.05, 4.69) is 29.7 Å². The van der Waals surface area contributed by atoms with Gasteiger partial charge in [-0.3, -0.25) is 0 Å². The van der Waals surface area contributed by atoms with Gasteiger partial charge in [0.05, 0.1) is 19.9 Å². The second-order valence-electron chi connectivity index (χ2n) is 7.16. The Labute approximate surface area is 162 Å². The standard InChI is InChI=1S/C22H19NO5/c1-4-5-23-20-12-7-17-18(27-10-26-17)8-13(12)21-19(20)11-6-15(24-2)16(25-3)9-14(11)22(23)28-21/h4,6-9,21-22H,1,5,10H2,2-3H3. The van der Waals surface area contributed by atoms with Crippen molar-refractivity contribution in [3.05, 3.63) is 59.2 Å². The molecule has 4 bridgehead atoms. The summed E-state index contributed by atoms with van der Waals surface area (Å²) in [6, 6.07) is 8.20. The summed E-state index contributed by atoms with van der Waals surface area (Å²) in [6.07, 6.45) is 1.56. The molecule has 0 radical (unpaired) electrons. The van der Waals surface area contributed by atoms with Gasteiger partial charge in [-0.25, -0.2) is 0 Å². The number of ether oxygens (including phenoxy) is 5. The molecule has 2 atom stereocenters. The highest BCUT2D eigenvalue weighted by atomic mass is 16.7. The predicted octanol–water partition coefficient (Wildman–Crippen LogP) is 3.89. The fourth-order valence-corrected chi connectivity index (χ4v) is 4.74. The third-order valence-corrected chi connectivity index (χ3v) is 5.87. The lowest BCUT2D eigenvalue weighted by atomic mass is 9.87. The number of hydrogen-bond donors (Lipinski definition) is 0. The lowest BCUT2D eigenvalue weighted by Gasteiger charge is -2.45. The smallest absolute Gasteiger partial charge is 0.231 e. The van der Waals surface area contributed by atoms with Crippen molar-refractivity contribution in [3.63, 3.8) is 0 Å². The number of fused-ring (bicyclic) bond motifs is 2. The molecule has 1 aliphatic carbocycles. The average Bonchev–Trinajstić information content (AvgIpc) is 3.28. The van der Waals surface area contributed by atoms with E-state index in [0.717, 1.165) is 45.1 Å². The fraction of sp³-hybridized carbons (Fsp3) is 0.273. The van der Waals surface area contributed by atoms with E-state index in [1.54, 1.807) is 14.2 Å². The summed E-state index contributed by atoms with van der Waals surface area (Å²) in [5, 5.41) is 0. The maximum atomic E-state index is 6.55. The quantitative estimate of drug-likeness (QED) is 0.754. The van der Waals surface area contributed by atoms with Crippen LogP contribution in [0.3, 0.4) is 0 Å². The first-order valence-corrected chi connectivity index (χ1v) is 9.22. The molecule has 0 saturated carbocycles. The summed E-state index contributed by atoms with van der Waals surface area (Å²) in [6.45, 7) is 4.88.